The van der Waals surface area contributed by atoms with Gasteiger partial charge in [0.25, 0.3) is 0 Å². The summed E-state index contributed by atoms with van der Waals surface area (Å²) < 4.78 is 118. The normalized spacial score (nSPS) is 14.4. The predicted octanol–water partition coefficient (Wildman–Crippen LogP) is 5.87. The second kappa shape index (κ2) is 13.2. The number of ether oxygens (including phenoxy) is 1. The van der Waals surface area contributed by atoms with Crippen LogP contribution in [0.3, 0.4) is 0 Å². The Bertz CT molecular complexity index is 1960. The van der Waals surface area contributed by atoms with Crippen LogP contribution >= 0.6 is 0 Å². The fraction of sp³-hybridized carbons (Fsp3) is 0.276. The minimum atomic E-state index is -4.90. The van der Waals surface area contributed by atoms with Crippen LogP contribution in [0.2, 0.25) is 0 Å². The first kappa shape index (κ1) is 34.3. The quantitative estimate of drug-likeness (QED) is 0.0864. The summed E-state index contributed by atoms with van der Waals surface area (Å²) >= 11 is 0. The van der Waals surface area contributed by atoms with Gasteiger partial charge >= 0.3 is 22.5 Å². The first-order valence-electron chi connectivity index (χ1n) is 14.1. The number of aliphatic carboxylic acids is 1. The van der Waals surface area contributed by atoms with Gasteiger partial charge in [-0.15, -0.1) is 0 Å². The smallest absolute Gasteiger partial charge is 0.417 e. The van der Waals surface area contributed by atoms with Crippen molar-refractivity contribution in [1.82, 2.24) is 14.7 Å². The number of anilines is 2. The summed E-state index contributed by atoms with van der Waals surface area (Å²) in [6.45, 7) is 1.26. The number of rotatable bonds is 13. The average molecular weight is 700 g/mol. The first-order valence-corrected chi connectivity index (χ1v) is 15.4. The van der Waals surface area contributed by atoms with Gasteiger partial charge in [0.15, 0.2) is 23.2 Å². The Morgan fingerprint density at radius 1 is 1.12 bits per heavy atom. The third-order valence-electron chi connectivity index (χ3n) is 7.25. The van der Waals surface area contributed by atoms with Crippen LogP contribution in [-0.4, -0.2) is 52.0 Å². The number of nitrogens with one attached hydrogen (secondary N) is 1. The SMILES string of the molecule is CCCOc1ccc(-c2cc(C(CCCOS(=O)(=O)O)(C(=O)O)n3cnc4c3C=CN(c3cccc(F)c3F)N4)on2)c(C(F)(F)F)c1. The van der Waals surface area contributed by atoms with E-state index in [0.29, 0.717) is 6.42 Å². The lowest BCUT2D eigenvalue weighted by Crippen LogP contribution is -2.44. The molecule has 256 valence electrons. The van der Waals surface area contributed by atoms with E-state index in [2.05, 4.69) is 19.7 Å². The zero-order valence-electron chi connectivity index (χ0n) is 24.7. The highest BCUT2D eigenvalue weighted by Gasteiger charge is 2.48. The van der Waals surface area contributed by atoms with Crippen molar-refractivity contribution in [3.63, 3.8) is 0 Å². The van der Waals surface area contributed by atoms with Gasteiger partial charge in [0.1, 0.15) is 17.1 Å². The molecule has 2 aromatic heterocycles. The Labute approximate surface area is 269 Å². The Morgan fingerprint density at radius 3 is 2.58 bits per heavy atom. The average Bonchev–Trinajstić information content (AvgIpc) is 3.68. The Kier molecular flexibility index (Phi) is 9.47. The maximum atomic E-state index is 14.5. The number of hydrogen-bond acceptors (Lipinski definition) is 10. The number of hydrogen-bond donors (Lipinski definition) is 3. The second-order valence-electron chi connectivity index (χ2n) is 10.4. The number of aromatic nitrogens is 3. The predicted molar refractivity (Wildman–Crippen MR) is 158 cm³/mol. The minimum Gasteiger partial charge on any atom is -0.494 e. The highest BCUT2D eigenvalue weighted by atomic mass is 32.3. The van der Waals surface area contributed by atoms with E-state index in [1.54, 1.807) is 6.92 Å². The van der Waals surface area contributed by atoms with E-state index >= 15 is 0 Å². The summed E-state index contributed by atoms with van der Waals surface area (Å²) in [7, 11) is -4.90. The molecule has 1 aliphatic heterocycles. The van der Waals surface area contributed by atoms with Crippen LogP contribution in [0, 0.1) is 11.6 Å². The van der Waals surface area contributed by atoms with Crippen LogP contribution in [0.5, 0.6) is 5.75 Å². The standard InChI is InChI=1S/C29H26F5N5O8S/c1-2-12-45-17-7-8-18(19(14-17)29(32,33)34)21-15-24(47-37-21)28(27(40)41,10-4-13-46-48(42,43)44)38-16-35-26-23(38)9-11-39(36-26)22-6-3-5-20(30)25(22)31/h3,5-9,11,14-16,36H,2,4,10,12-13H2,1H3,(H,40,41)(H,42,43,44). The van der Waals surface area contributed by atoms with Crippen LogP contribution in [0.1, 0.15) is 43.2 Å². The minimum absolute atomic E-state index is 0.0391. The van der Waals surface area contributed by atoms with Crippen molar-refractivity contribution in [3.8, 4) is 17.0 Å². The second-order valence-corrected chi connectivity index (χ2v) is 11.5. The van der Waals surface area contributed by atoms with Gasteiger partial charge in [0.05, 0.1) is 30.8 Å². The largest absolute Gasteiger partial charge is 0.494 e. The maximum Gasteiger partial charge on any atom is 0.417 e. The topological polar surface area (TPSA) is 169 Å². The number of carboxylic acid groups (broad SMARTS) is 1. The van der Waals surface area contributed by atoms with Gasteiger partial charge in [-0.25, -0.2) is 22.7 Å². The molecule has 48 heavy (non-hydrogen) atoms. The van der Waals surface area contributed by atoms with Gasteiger partial charge in [-0.2, -0.15) is 21.6 Å². The molecule has 2 aromatic carbocycles. The molecular weight excluding hydrogens is 673 g/mol. The van der Waals surface area contributed by atoms with Crippen molar-refractivity contribution in [2.45, 2.75) is 37.9 Å². The molecular formula is C29H26F5N5O8S. The first-order chi connectivity index (χ1) is 22.7. The molecule has 4 aromatic rings. The summed E-state index contributed by atoms with van der Waals surface area (Å²) in [6.07, 6.45) is -1.60. The van der Waals surface area contributed by atoms with Crippen molar-refractivity contribution in [2.75, 3.05) is 23.6 Å². The number of imidazole rings is 1. The lowest BCUT2D eigenvalue weighted by molar-refractivity contribution is -0.146. The molecule has 3 heterocycles. The van der Waals surface area contributed by atoms with Gasteiger partial charge in [0.2, 0.25) is 5.54 Å². The molecule has 19 heteroatoms. The molecule has 5 rings (SSSR count). The zero-order chi connectivity index (χ0) is 34.9. The van der Waals surface area contributed by atoms with Crippen molar-refractivity contribution in [3.05, 3.63) is 83.6 Å². The summed E-state index contributed by atoms with van der Waals surface area (Å²) in [6, 6.07) is 7.62. The van der Waals surface area contributed by atoms with Crippen LogP contribution in [0.15, 0.2) is 59.5 Å². The van der Waals surface area contributed by atoms with E-state index in [0.717, 1.165) is 40.2 Å². The fourth-order valence-corrected chi connectivity index (χ4v) is 5.41. The molecule has 0 radical (unpaired) electrons. The molecule has 0 saturated heterocycles. The molecule has 3 N–H and O–H groups in total. The van der Waals surface area contributed by atoms with E-state index in [-0.39, 0.29) is 41.7 Å². The number of hydrazine groups is 1. The number of fused-ring (bicyclic) bond motifs is 1. The highest BCUT2D eigenvalue weighted by molar-refractivity contribution is 7.80. The van der Waals surface area contributed by atoms with Gasteiger partial charge in [0, 0.05) is 17.8 Å². The third-order valence-corrected chi connectivity index (χ3v) is 7.71. The molecule has 0 bridgehead atoms. The maximum absolute atomic E-state index is 14.5. The van der Waals surface area contributed by atoms with Crippen molar-refractivity contribution < 1.29 is 58.3 Å². The molecule has 1 unspecified atom stereocenters. The monoisotopic (exact) mass is 699 g/mol. The molecule has 0 aliphatic carbocycles. The van der Waals surface area contributed by atoms with E-state index < -0.39 is 69.6 Å². The summed E-state index contributed by atoms with van der Waals surface area (Å²) in [4.78, 5) is 17.4. The van der Waals surface area contributed by atoms with Crippen LogP contribution < -0.4 is 15.2 Å². The molecule has 0 spiro atoms. The number of carboxylic acids is 1. The van der Waals surface area contributed by atoms with E-state index in [9.17, 15) is 40.3 Å². The summed E-state index contributed by atoms with van der Waals surface area (Å²) in [5.74, 6) is -4.51. The number of halogens is 5. The van der Waals surface area contributed by atoms with Crippen LogP contribution in [0.25, 0.3) is 17.3 Å². The van der Waals surface area contributed by atoms with Gasteiger partial charge in [-0.3, -0.25) is 15.0 Å². The van der Waals surface area contributed by atoms with Crippen LogP contribution in [0.4, 0.5) is 33.5 Å². The van der Waals surface area contributed by atoms with Gasteiger partial charge in [-0.05, 0) is 55.7 Å². The third kappa shape index (κ3) is 6.83. The molecule has 1 atom stereocenters. The number of nitrogens with zero attached hydrogens (tertiary/aromatic N) is 4. The number of benzene rings is 2. The Morgan fingerprint density at radius 2 is 1.90 bits per heavy atom. The van der Waals surface area contributed by atoms with Crippen molar-refractivity contribution in [2.24, 2.45) is 0 Å². The lowest BCUT2D eigenvalue weighted by atomic mass is 9.88. The van der Waals surface area contributed by atoms with Crippen molar-refractivity contribution in [1.29, 1.82) is 0 Å². The fourth-order valence-electron chi connectivity index (χ4n) is 5.08. The Balaban J connectivity index is 1.60. The zero-order valence-corrected chi connectivity index (χ0v) is 25.6. The lowest BCUT2D eigenvalue weighted by Gasteiger charge is -2.31. The Hall–Kier alpha value is -5.01. The molecule has 13 nitrogen and oxygen atoms in total. The number of carbonyl (C=O) groups is 1. The van der Waals surface area contributed by atoms with Gasteiger partial charge in [-0.1, -0.05) is 18.1 Å². The van der Waals surface area contributed by atoms with E-state index in [4.69, 9.17) is 13.8 Å². The molecule has 1 aliphatic rings. The molecule has 0 fully saturated rings. The van der Waals surface area contributed by atoms with Crippen molar-refractivity contribution >= 4 is 33.9 Å². The summed E-state index contributed by atoms with van der Waals surface area (Å²) in [5, 5.41) is 15.5. The molecule has 0 amide bonds. The summed E-state index contributed by atoms with van der Waals surface area (Å²) in [5.41, 5.74) is -1.77. The highest BCUT2D eigenvalue weighted by Crippen LogP contribution is 2.42. The van der Waals surface area contributed by atoms with Crippen LogP contribution in [-0.2, 0) is 31.1 Å². The van der Waals surface area contributed by atoms with Gasteiger partial charge < -0.3 is 18.9 Å². The van der Waals surface area contributed by atoms with E-state index in [1.165, 1.54) is 30.5 Å². The van der Waals surface area contributed by atoms with E-state index in [1.807, 2.05) is 0 Å². The molecule has 0 saturated carbocycles. The number of alkyl halides is 3.